The minimum Gasteiger partial charge on any atom is -0.370 e. The standard InChI is InChI=1S/C18H32O5/c1-5-7-9-11-13-21-15-16(22-14-12-10-8-6-2)18(20-4)23-17(15)19-3/h5-6,15-18H,1-2,7-14H2,3-4H3/t15-,16+,17?,18?. The summed E-state index contributed by atoms with van der Waals surface area (Å²) in [7, 11) is 3.22. The molecule has 0 spiro atoms. The van der Waals surface area contributed by atoms with Gasteiger partial charge < -0.3 is 23.7 Å². The largest absolute Gasteiger partial charge is 0.370 e. The van der Waals surface area contributed by atoms with E-state index in [4.69, 9.17) is 23.7 Å². The molecular formula is C18H32O5. The second kappa shape index (κ2) is 12.7. The van der Waals surface area contributed by atoms with Gasteiger partial charge in [-0.15, -0.1) is 13.2 Å². The topological polar surface area (TPSA) is 46.2 Å². The maximum Gasteiger partial charge on any atom is 0.189 e. The molecule has 5 heteroatoms. The maximum absolute atomic E-state index is 5.97. The zero-order valence-electron chi connectivity index (χ0n) is 14.6. The van der Waals surface area contributed by atoms with Gasteiger partial charge in [-0.1, -0.05) is 12.2 Å². The zero-order chi connectivity index (χ0) is 16.9. The number of unbranched alkanes of at least 4 members (excludes halogenated alkanes) is 4. The molecule has 2 unspecified atom stereocenters. The van der Waals surface area contributed by atoms with Crippen molar-refractivity contribution in [2.24, 2.45) is 0 Å². The summed E-state index contributed by atoms with van der Waals surface area (Å²) in [6, 6.07) is 0. The Hall–Kier alpha value is -0.720. The molecule has 0 aromatic heterocycles. The number of hydrogen-bond acceptors (Lipinski definition) is 5. The summed E-state index contributed by atoms with van der Waals surface area (Å²) in [5, 5.41) is 0. The van der Waals surface area contributed by atoms with Crippen molar-refractivity contribution in [3.05, 3.63) is 25.3 Å². The lowest BCUT2D eigenvalue weighted by Gasteiger charge is -2.23. The molecule has 1 aliphatic rings. The van der Waals surface area contributed by atoms with Crippen molar-refractivity contribution >= 4 is 0 Å². The van der Waals surface area contributed by atoms with Crippen LogP contribution in [-0.4, -0.2) is 52.2 Å². The Morgan fingerprint density at radius 3 is 1.57 bits per heavy atom. The van der Waals surface area contributed by atoms with Crippen LogP contribution in [0.3, 0.4) is 0 Å². The van der Waals surface area contributed by atoms with E-state index in [1.54, 1.807) is 14.2 Å². The Morgan fingerprint density at radius 2 is 1.22 bits per heavy atom. The minimum atomic E-state index is -0.461. The molecule has 1 fully saturated rings. The Kier molecular flexibility index (Phi) is 11.2. The van der Waals surface area contributed by atoms with Crippen molar-refractivity contribution in [1.29, 1.82) is 0 Å². The lowest BCUT2D eigenvalue weighted by atomic mass is 10.2. The van der Waals surface area contributed by atoms with Gasteiger partial charge in [0.25, 0.3) is 0 Å². The zero-order valence-corrected chi connectivity index (χ0v) is 14.6. The van der Waals surface area contributed by atoms with Crippen molar-refractivity contribution in [3.8, 4) is 0 Å². The SMILES string of the molecule is C=CCCCCO[C@@H]1C(OC)OC(OC)[C@@H]1OCCCCC=C. The summed E-state index contributed by atoms with van der Waals surface area (Å²) < 4.78 is 28.4. The van der Waals surface area contributed by atoms with Gasteiger partial charge >= 0.3 is 0 Å². The van der Waals surface area contributed by atoms with Crippen molar-refractivity contribution in [1.82, 2.24) is 0 Å². The van der Waals surface area contributed by atoms with Crippen molar-refractivity contribution < 1.29 is 23.7 Å². The Bertz CT molecular complexity index is 291. The first-order chi connectivity index (χ1) is 11.3. The highest BCUT2D eigenvalue weighted by molar-refractivity contribution is 4.85. The molecule has 134 valence electrons. The highest BCUT2D eigenvalue weighted by atomic mass is 16.8. The van der Waals surface area contributed by atoms with Crippen LogP contribution in [0.5, 0.6) is 0 Å². The van der Waals surface area contributed by atoms with Gasteiger partial charge in [0.05, 0.1) is 0 Å². The summed E-state index contributed by atoms with van der Waals surface area (Å²) in [6.07, 6.45) is 8.47. The lowest BCUT2D eigenvalue weighted by Crippen LogP contribution is -2.39. The van der Waals surface area contributed by atoms with Crippen LogP contribution in [0.4, 0.5) is 0 Å². The van der Waals surface area contributed by atoms with Crippen molar-refractivity contribution in [2.45, 2.75) is 63.3 Å². The van der Waals surface area contributed by atoms with Gasteiger partial charge in [-0.3, -0.25) is 0 Å². The summed E-state index contributed by atoms with van der Waals surface area (Å²) in [5.41, 5.74) is 0. The first kappa shape index (κ1) is 20.3. The van der Waals surface area contributed by atoms with Crippen LogP contribution in [0.2, 0.25) is 0 Å². The molecule has 1 rings (SSSR count). The lowest BCUT2D eigenvalue weighted by molar-refractivity contribution is -0.209. The molecule has 0 N–H and O–H groups in total. The molecule has 0 bridgehead atoms. The number of hydrogen-bond donors (Lipinski definition) is 0. The second-order valence-electron chi connectivity index (χ2n) is 5.58. The predicted octanol–water partition coefficient (Wildman–Crippen LogP) is 3.44. The first-order valence-corrected chi connectivity index (χ1v) is 8.44. The molecular weight excluding hydrogens is 296 g/mol. The molecule has 5 nitrogen and oxygen atoms in total. The fourth-order valence-corrected chi connectivity index (χ4v) is 2.54. The number of rotatable bonds is 14. The molecule has 0 aliphatic carbocycles. The Labute approximate surface area is 140 Å². The third-order valence-electron chi connectivity index (χ3n) is 3.82. The second-order valence-corrected chi connectivity index (χ2v) is 5.58. The molecule has 1 aliphatic heterocycles. The molecule has 4 atom stereocenters. The molecule has 23 heavy (non-hydrogen) atoms. The summed E-state index contributed by atoms with van der Waals surface area (Å²) in [5.74, 6) is 0. The van der Waals surface area contributed by atoms with Gasteiger partial charge in [-0.25, -0.2) is 0 Å². The molecule has 0 amide bonds. The van der Waals surface area contributed by atoms with E-state index in [9.17, 15) is 0 Å². The molecule has 0 aromatic rings. The summed E-state index contributed by atoms with van der Waals surface area (Å²) >= 11 is 0. The van der Waals surface area contributed by atoms with Crippen molar-refractivity contribution in [2.75, 3.05) is 27.4 Å². The van der Waals surface area contributed by atoms with E-state index in [1.807, 2.05) is 12.2 Å². The normalized spacial score (nSPS) is 27.2. The van der Waals surface area contributed by atoms with Crippen LogP contribution in [0.1, 0.15) is 38.5 Å². The molecule has 1 saturated heterocycles. The minimum absolute atomic E-state index is 0.270. The van der Waals surface area contributed by atoms with E-state index in [0.717, 1.165) is 38.5 Å². The van der Waals surface area contributed by atoms with Crippen LogP contribution >= 0.6 is 0 Å². The van der Waals surface area contributed by atoms with E-state index in [0.29, 0.717) is 13.2 Å². The quantitative estimate of drug-likeness (QED) is 0.361. The van der Waals surface area contributed by atoms with Crippen LogP contribution in [0.25, 0.3) is 0 Å². The third-order valence-corrected chi connectivity index (χ3v) is 3.82. The van der Waals surface area contributed by atoms with E-state index >= 15 is 0 Å². The molecule has 1 heterocycles. The van der Waals surface area contributed by atoms with Crippen molar-refractivity contribution in [3.63, 3.8) is 0 Å². The summed E-state index contributed by atoms with van der Waals surface area (Å²) in [4.78, 5) is 0. The number of allylic oxidation sites excluding steroid dienone is 2. The van der Waals surface area contributed by atoms with Gasteiger partial charge in [0.15, 0.2) is 12.6 Å². The molecule has 0 saturated carbocycles. The average Bonchev–Trinajstić information content (AvgIpc) is 2.91. The maximum atomic E-state index is 5.97. The van der Waals surface area contributed by atoms with Crippen LogP contribution < -0.4 is 0 Å². The van der Waals surface area contributed by atoms with Gasteiger partial charge in [-0.2, -0.15) is 0 Å². The fourth-order valence-electron chi connectivity index (χ4n) is 2.54. The van der Waals surface area contributed by atoms with Crippen LogP contribution in [0, 0.1) is 0 Å². The molecule has 0 aromatic carbocycles. The highest BCUT2D eigenvalue weighted by Crippen LogP contribution is 2.28. The Balaban J connectivity index is 2.45. The smallest absolute Gasteiger partial charge is 0.189 e. The van der Waals surface area contributed by atoms with Crippen LogP contribution in [-0.2, 0) is 23.7 Å². The van der Waals surface area contributed by atoms with Gasteiger partial charge in [0.2, 0.25) is 0 Å². The predicted molar refractivity (Wildman–Crippen MR) is 90.3 cm³/mol. The van der Waals surface area contributed by atoms with Gasteiger partial charge in [0, 0.05) is 27.4 Å². The Morgan fingerprint density at radius 1 is 0.783 bits per heavy atom. The van der Waals surface area contributed by atoms with E-state index in [-0.39, 0.29) is 12.2 Å². The van der Waals surface area contributed by atoms with E-state index in [1.165, 1.54) is 0 Å². The van der Waals surface area contributed by atoms with E-state index < -0.39 is 12.6 Å². The molecule has 0 radical (unpaired) electrons. The first-order valence-electron chi connectivity index (χ1n) is 8.44. The fraction of sp³-hybridized carbons (Fsp3) is 0.778. The van der Waals surface area contributed by atoms with Gasteiger partial charge in [0.1, 0.15) is 12.2 Å². The van der Waals surface area contributed by atoms with Gasteiger partial charge in [-0.05, 0) is 38.5 Å². The van der Waals surface area contributed by atoms with E-state index in [2.05, 4.69) is 13.2 Å². The highest BCUT2D eigenvalue weighted by Gasteiger charge is 2.47. The van der Waals surface area contributed by atoms with Crippen LogP contribution in [0.15, 0.2) is 25.3 Å². The monoisotopic (exact) mass is 328 g/mol. The third kappa shape index (κ3) is 7.14. The number of methoxy groups -OCH3 is 2. The average molecular weight is 328 g/mol. The number of ether oxygens (including phenoxy) is 5. The summed E-state index contributed by atoms with van der Waals surface area (Å²) in [6.45, 7) is 8.75.